The Morgan fingerprint density at radius 3 is 2.57 bits per heavy atom. The molecule has 0 aliphatic heterocycles. The predicted molar refractivity (Wildman–Crippen MR) is 81.7 cm³/mol. The molecule has 0 saturated carbocycles. The minimum absolute atomic E-state index is 0.577. The van der Waals surface area contributed by atoms with Crippen molar-refractivity contribution in [3.8, 4) is 11.6 Å². The molecule has 0 unspecified atom stereocenters. The van der Waals surface area contributed by atoms with Crippen molar-refractivity contribution in [1.29, 1.82) is 0 Å². The lowest BCUT2D eigenvalue weighted by Gasteiger charge is -2.08. The van der Waals surface area contributed by atoms with Gasteiger partial charge in [0.25, 0.3) is 0 Å². The Balaban J connectivity index is 1.66. The van der Waals surface area contributed by atoms with Crippen LogP contribution in [-0.2, 0) is 6.42 Å². The van der Waals surface area contributed by atoms with Crippen LogP contribution < -0.4 is 9.47 Å². The zero-order valence-electron chi connectivity index (χ0n) is 11.8. The van der Waals surface area contributed by atoms with Crippen molar-refractivity contribution in [2.45, 2.75) is 6.42 Å². The second-order valence-corrected chi connectivity index (χ2v) is 4.64. The Morgan fingerprint density at radius 1 is 0.952 bits per heavy atom. The van der Waals surface area contributed by atoms with Gasteiger partial charge in [-0.2, -0.15) is 0 Å². The second kappa shape index (κ2) is 6.22. The third-order valence-electron chi connectivity index (χ3n) is 3.29. The van der Waals surface area contributed by atoms with Crippen LogP contribution in [0.2, 0.25) is 0 Å². The summed E-state index contributed by atoms with van der Waals surface area (Å²) in [7, 11) is 1.67. The van der Waals surface area contributed by atoms with Crippen molar-refractivity contribution in [2.75, 3.05) is 13.7 Å². The van der Waals surface area contributed by atoms with E-state index in [1.165, 1.54) is 11.9 Å². The highest BCUT2D eigenvalue weighted by Crippen LogP contribution is 2.20. The Labute approximate surface area is 123 Å². The van der Waals surface area contributed by atoms with Crippen molar-refractivity contribution in [1.82, 2.24) is 9.97 Å². The largest absolute Gasteiger partial charge is 0.497 e. The number of aromatic nitrogens is 2. The van der Waals surface area contributed by atoms with Gasteiger partial charge in [0.05, 0.1) is 24.6 Å². The molecule has 3 aromatic rings. The molecule has 0 radical (unpaired) electrons. The molecule has 21 heavy (non-hydrogen) atoms. The highest BCUT2D eigenvalue weighted by Gasteiger charge is 2.04. The van der Waals surface area contributed by atoms with Crippen LogP contribution in [0.15, 0.2) is 54.9 Å². The number of benzene rings is 2. The molecule has 0 aliphatic rings. The van der Waals surface area contributed by atoms with E-state index in [2.05, 4.69) is 9.97 Å². The molecule has 0 saturated heterocycles. The van der Waals surface area contributed by atoms with Crippen LogP contribution in [0, 0.1) is 0 Å². The average molecular weight is 280 g/mol. The van der Waals surface area contributed by atoms with Crippen LogP contribution >= 0.6 is 0 Å². The first kappa shape index (κ1) is 13.4. The number of ether oxygens (including phenoxy) is 2. The van der Waals surface area contributed by atoms with E-state index < -0.39 is 0 Å². The number of para-hydroxylation sites is 1. The quantitative estimate of drug-likeness (QED) is 0.719. The van der Waals surface area contributed by atoms with E-state index in [1.807, 2.05) is 48.5 Å². The summed E-state index contributed by atoms with van der Waals surface area (Å²) in [6, 6.07) is 15.8. The first-order chi connectivity index (χ1) is 10.4. The summed E-state index contributed by atoms with van der Waals surface area (Å²) >= 11 is 0. The summed E-state index contributed by atoms with van der Waals surface area (Å²) < 4.78 is 10.9. The van der Waals surface area contributed by atoms with Crippen LogP contribution in [0.25, 0.3) is 10.9 Å². The van der Waals surface area contributed by atoms with Crippen LogP contribution in [0.3, 0.4) is 0 Å². The molecule has 1 heterocycles. The van der Waals surface area contributed by atoms with E-state index in [0.717, 1.165) is 23.1 Å². The van der Waals surface area contributed by atoms with Crippen molar-refractivity contribution in [3.63, 3.8) is 0 Å². The van der Waals surface area contributed by atoms with Gasteiger partial charge in [0.1, 0.15) is 12.1 Å². The first-order valence-corrected chi connectivity index (χ1v) is 6.82. The number of hydrogen-bond acceptors (Lipinski definition) is 4. The van der Waals surface area contributed by atoms with Crippen LogP contribution in [0.4, 0.5) is 0 Å². The van der Waals surface area contributed by atoms with E-state index in [4.69, 9.17) is 9.47 Å². The molecule has 3 rings (SSSR count). The number of fused-ring (bicyclic) bond motifs is 1. The first-order valence-electron chi connectivity index (χ1n) is 6.82. The van der Waals surface area contributed by atoms with Gasteiger partial charge in [0.15, 0.2) is 0 Å². The lowest BCUT2D eigenvalue weighted by molar-refractivity contribution is 0.313. The highest BCUT2D eigenvalue weighted by atomic mass is 16.5. The van der Waals surface area contributed by atoms with Gasteiger partial charge in [-0.15, -0.1) is 0 Å². The molecule has 106 valence electrons. The second-order valence-electron chi connectivity index (χ2n) is 4.64. The minimum atomic E-state index is 0.577. The molecule has 2 aromatic carbocycles. The minimum Gasteiger partial charge on any atom is -0.497 e. The Morgan fingerprint density at radius 2 is 1.76 bits per heavy atom. The molecule has 0 aliphatic carbocycles. The van der Waals surface area contributed by atoms with E-state index in [1.54, 1.807) is 7.11 Å². The van der Waals surface area contributed by atoms with Crippen molar-refractivity contribution >= 4 is 10.9 Å². The maximum atomic E-state index is 5.80. The summed E-state index contributed by atoms with van der Waals surface area (Å²) in [5.74, 6) is 1.50. The zero-order chi connectivity index (χ0) is 14.5. The van der Waals surface area contributed by atoms with Crippen LogP contribution in [-0.4, -0.2) is 23.7 Å². The standard InChI is InChI=1S/C17H16N2O2/c1-20-14-8-6-13(7-9-14)10-11-21-17-15-4-2-3-5-16(15)18-12-19-17/h2-9,12H,10-11H2,1H3. The number of rotatable bonds is 5. The normalized spacial score (nSPS) is 10.5. The molecule has 0 fully saturated rings. The fourth-order valence-corrected chi connectivity index (χ4v) is 2.15. The Hall–Kier alpha value is -2.62. The fourth-order valence-electron chi connectivity index (χ4n) is 2.15. The van der Waals surface area contributed by atoms with E-state index >= 15 is 0 Å². The van der Waals surface area contributed by atoms with E-state index in [9.17, 15) is 0 Å². The number of hydrogen-bond donors (Lipinski definition) is 0. The third kappa shape index (κ3) is 3.11. The molecule has 0 N–H and O–H groups in total. The lowest BCUT2D eigenvalue weighted by atomic mass is 10.1. The molecular weight excluding hydrogens is 264 g/mol. The molecular formula is C17H16N2O2. The Kier molecular flexibility index (Phi) is 3.96. The van der Waals surface area contributed by atoms with Gasteiger partial charge in [-0.3, -0.25) is 0 Å². The fraction of sp³-hybridized carbons (Fsp3) is 0.176. The van der Waals surface area contributed by atoms with Crippen molar-refractivity contribution in [2.24, 2.45) is 0 Å². The molecule has 4 nitrogen and oxygen atoms in total. The smallest absolute Gasteiger partial charge is 0.224 e. The summed E-state index contributed by atoms with van der Waals surface area (Å²) in [6.45, 7) is 0.577. The van der Waals surface area contributed by atoms with Gasteiger partial charge in [0, 0.05) is 6.42 Å². The van der Waals surface area contributed by atoms with Gasteiger partial charge in [0.2, 0.25) is 5.88 Å². The van der Waals surface area contributed by atoms with Gasteiger partial charge in [-0.1, -0.05) is 24.3 Å². The lowest BCUT2D eigenvalue weighted by Crippen LogP contribution is -2.03. The Bertz CT molecular complexity index is 721. The molecule has 0 amide bonds. The molecule has 4 heteroatoms. The average Bonchev–Trinajstić information content (AvgIpc) is 2.56. The topological polar surface area (TPSA) is 44.2 Å². The van der Waals surface area contributed by atoms with Crippen molar-refractivity contribution in [3.05, 3.63) is 60.4 Å². The van der Waals surface area contributed by atoms with Crippen LogP contribution in [0.1, 0.15) is 5.56 Å². The van der Waals surface area contributed by atoms with Crippen LogP contribution in [0.5, 0.6) is 11.6 Å². The predicted octanol–water partition coefficient (Wildman–Crippen LogP) is 3.26. The van der Waals surface area contributed by atoms with E-state index in [-0.39, 0.29) is 0 Å². The SMILES string of the molecule is COc1ccc(CCOc2ncnc3ccccc23)cc1. The number of methoxy groups -OCH3 is 1. The summed E-state index contributed by atoms with van der Waals surface area (Å²) in [6.07, 6.45) is 2.35. The third-order valence-corrected chi connectivity index (χ3v) is 3.29. The zero-order valence-corrected chi connectivity index (χ0v) is 11.8. The van der Waals surface area contributed by atoms with E-state index in [0.29, 0.717) is 12.5 Å². The maximum absolute atomic E-state index is 5.80. The van der Waals surface area contributed by atoms with Gasteiger partial charge >= 0.3 is 0 Å². The number of nitrogens with zero attached hydrogens (tertiary/aromatic N) is 2. The maximum Gasteiger partial charge on any atom is 0.224 e. The summed E-state index contributed by atoms with van der Waals surface area (Å²) in [5, 5.41) is 0.940. The highest BCUT2D eigenvalue weighted by molar-refractivity contribution is 5.82. The van der Waals surface area contributed by atoms with Gasteiger partial charge in [-0.25, -0.2) is 9.97 Å². The van der Waals surface area contributed by atoms with Gasteiger partial charge in [-0.05, 0) is 29.8 Å². The molecule has 1 aromatic heterocycles. The molecule has 0 atom stereocenters. The summed E-state index contributed by atoms with van der Waals surface area (Å²) in [5.41, 5.74) is 2.10. The summed E-state index contributed by atoms with van der Waals surface area (Å²) in [4.78, 5) is 8.43. The molecule has 0 bridgehead atoms. The molecule has 0 spiro atoms. The van der Waals surface area contributed by atoms with Crippen molar-refractivity contribution < 1.29 is 9.47 Å². The van der Waals surface area contributed by atoms with Gasteiger partial charge < -0.3 is 9.47 Å². The monoisotopic (exact) mass is 280 g/mol.